The fourth-order valence-electron chi connectivity index (χ4n) is 5.42. The molecule has 1 amide bonds. The van der Waals surface area contributed by atoms with Gasteiger partial charge in [0.05, 0.1) is 24.8 Å². The van der Waals surface area contributed by atoms with Gasteiger partial charge in [-0.1, -0.05) is 67.1 Å². The number of benzene rings is 3. The molecule has 1 unspecified atom stereocenters. The number of fused-ring (bicyclic) bond motifs is 1. The molecule has 1 fully saturated rings. The second-order valence-corrected chi connectivity index (χ2v) is 13.1. The number of thioether (sulfide) groups is 1. The predicted octanol–water partition coefficient (Wildman–Crippen LogP) is 7.33. The summed E-state index contributed by atoms with van der Waals surface area (Å²) in [7, 11) is 0. The lowest BCUT2D eigenvalue weighted by atomic mass is 9.95. The molecule has 0 radical (unpaired) electrons. The van der Waals surface area contributed by atoms with Crippen LogP contribution < -0.4 is 23.8 Å². The summed E-state index contributed by atoms with van der Waals surface area (Å²) in [4.78, 5) is 28.8. The van der Waals surface area contributed by atoms with Gasteiger partial charge in [-0.2, -0.15) is 0 Å². The number of halogens is 1. The molecule has 6 rings (SSSR count). The van der Waals surface area contributed by atoms with Crippen molar-refractivity contribution in [2.24, 2.45) is 0 Å². The number of nitrogens with zero attached hydrogens (tertiary/aromatic N) is 3. The third-order valence-electron chi connectivity index (χ3n) is 7.76. The Balaban J connectivity index is 1.40. The van der Waals surface area contributed by atoms with Gasteiger partial charge in [0.25, 0.3) is 5.78 Å². The van der Waals surface area contributed by atoms with Crippen LogP contribution in [0.3, 0.4) is 0 Å². The van der Waals surface area contributed by atoms with Gasteiger partial charge < -0.3 is 24.1 Å². The average Bonchev–Trinajstić information content (AvgIpc) is 3.67. The summed E-state index contributed by atoms with van der Waals surface area (Å²) < 4.78 is 38.0. The molecule has 13 heteroatoms. The lowest BCUT2D eigenvalue weighted by molar-refractivity contribution is -0.132. The summed E-state index contributed by atoms with van der Waals surface area (Å²) in [6.07, 6.45) is 2.96. The maximum Gasteiger partial charge on any atom is 0.301 e. The lowest BCUT2D eigenvalue weighted by Crippen LogP contribution is -2.29. The van der Waals surface area contributed by atoms with Gasteiger partial charge in [0, 0.05) is 11.3 Å². The van der Waals surface area contributed by atoms with Crippen molar-refractivity contribution in [2.45, 2.75) is 49.2 Å². The van der Waals surface area contributed by atoms with Crippen LogP contribution in [0.4, 0.5) is 9.52 Å². The van der Waals surface area contributed by atoms with E-state index >= 15 is 0 Å². The molecule has 10 nitrogen and oxygen atoms in total. The molecule has 0 bridgehead atoms. The summed E-state index contributed by atoms with van der Waals surface area (Å²) in [6.45, 7) is 5.56. The molecule has 48 heavy (non-hydrogen) atoms. The van der Waals surface area contributed by atoms with E-state index in [1.807, 2.05) is 6.92 Å². The highest BCUT2D eigenvalue weighted by Gasteiger charge is 2.48. The minimum atomic E-state index is -1.08. The molecule has 0 aliphatic carbocycles. The monoisotopic (exact) mass is 691 g/mol. The number of aliphatic hydroxyl groups excluding tert-OH is 1. The fourth-order valence-corrected chi connectivity index (χ4v) is 7.27. The number of ketones is 1. The van der Waals surface area contributed by atoms with E-state index < -0.39 is 17.7 Å². The van der Waals surface area contributed by atoms with Gasteiger partial charge in [-0.15, -0.1) is 10.2 Å². The molecule has 3 heterocycles. The van der Waals surface area contributed by atoms with Gasteiger partial charge in [-0.25, -0.2) is 4.39 Å². The Labute approximate surface area is 285 Å². The van der Waals surface area contributed by atoms with Crippen molar-refractivity contribution < 1.29 is 38.0 Å². The first-order chi connectivity index (χ1) is 23.4. The molecule has 4 aromatic rings. The minimum absolute atomic E-state index is 0.133. The molecule has 3 aromatic carbocycles. The van der Waals surface area contributed by atoms with Crippen LogP contribution in [0.25, 0.3) is 5.76 Å². The SMILES string of the molecule is CCCCCOc1ccc(C2C(=C(O)c3ccc4c(c3)OCCO4)C(=O)C(=O)N2c2nnc(SCc3ccccc3F)s2)cc1OCC. The van der Waals surface area contributed by atoms with Crippen molar-refractivity contribution in [3.05, 3.63) is 88.7 Å². The zero-order valence-corrected chi connectivity index (χ0v) is 28.1. The number of Topliss-reactive ketones (excluding diaryl/α,β-unsaturated/α-hetero) is 1. The third-order valence-corrected chi connectivity index (χ3v) is 9.86. The Morgan fingerprint density at radius 2 is 1.81 bits per heavy atom. The molecule has 2 aliphatic heterocycles. The van der Waals surface area contributed by atoms with Gasteiger partial charge >= 0.3 is 5.91 Å². The zero-order chi connectivity index (χ0) is 33.6. The average molecular weight is 692 g/mol. The first-order valence-electron chi connectivity index (χ1n) is 15.7. The third kappa shape index (κ3) is 6.97. The highest BCUT2D eigenvalue weighted by Crippen LogP contribution is 2.46. The summed E-state index contributed by atoms with van der Waals surface area (Å²) in [6, 6.07) is 15.4. The van der Waals surface area contributed by atoms with E-state index in [1.165, 1.54) is 22.7 Å². The summed E-state index contributed by atoms with van der Waals surface area (Å²) in [5.74, 6) is -0.278. The molecule has 1 N–H and O–H groups in total. The number of anilines is 1. The molecule has 1 aromatic heterocycles. The van der Waals surface area contributed by atoms with Gasteiger partial charge in [0.2, 0.25) is 5.13 Å². The van der Waals surface area contributed by atoms with Crippen molar-refractivity contribution in [3.8, 4) is 23.0 Å². The molecular weight excluding hydrogens is 658 g/mol. The van der Waals surface area contributed by atoms with Crippen molar-refractivity contribution in [1.29, 1.82) is 0 Å². The van der Waals surface area contributed by atoms with Gasteiger partial charge in [-0.3, -0.25) is 14.5 Å². The largest absolute Gasteiger partial charge is 0.507 e. The highest BCUT2D eigenvalue weighted by molar-refractivity contribution is 8.00. The van der Waals surface area contributed by atoms with Crippen LogP contribution in [0.2, 0.25) is 0 Å². The zero-order valence-electron chi connectivity index (χ0n) is 26.4. The number of amides is 1. The lowest BCUT2D eigenvalue weighted by Gasteiger charge is -2.24. The Hall–Kier alpha value is -4.62. The van der Waals surface area contributed by atoms with Crippen LogP contribution in [0.5, 0.6) is 23.0 Å². The van der Waals surface area contributed by atoms with Crippen molar-refractivity contribution in [3.63, 3.8) is 0 Å². The van der Waals surface area contributed by atoms with Crippen molar-refractivity contribution >= 4 is 45.7 Å². The van der Waals surface area contributed by atoms with Crippen LogP contribution in [0.15, 0.2) is 70.6 Å². The molecule has 1 atom stereocenters. The van der Waals surface area contributed by atoms with Crippen molar-refractivity contribution in [2.75, 3.05) is 31.3 Å². The molecule has 1 saturated heterocycles. The Bertz CT molecular complexity index is 1850. The number of ether oxygens (including phenoxy) is 4. The van der Waals surface area contributed by atoms with E-state index in [-0.39, 0.29) is 27.8 Å². The summed E-state index contributed by atoms with van der Waals surface area (Å²) in [5.41, 5.74) is 1.14. The Kier molecular flexibility index (Phi) is 10.5. The van der Waals surface area contributed by atoms with Crippen LogP contribution in [-0.2, 0) is 15.3 Å². The fraction of sp³-hybridized carbons (Fsp3) is 0.314. The molecule has 0 saturated carbocycles. The van der Waals surface area contributed by atoms with Crippen LogP contribution in [0, 0.1) is 5.82 Å². The number of carbonyl (C=O) groups excluding carboxylic acids is 2. The van der Waals surface area contributed by atoms with E-state index in [0.29, 0.717) is 70.6 Å². The predicted molar refractivity (Wildman–Crippen MR) is 181 cm³/mol. The Morgan fingerprint density at radius 1 is 1.00 bits per heavy atom. The van der Waals surface area contributed by atoms with Gasteiger partial charge in [0.15, 0.2) is 27.3 Å². The number of unbranched alkanes of at least 4 members (excludes halogenated alkanes) is 2. The number of carbonyl (C=O) groups is 2. The molecule has 2 aliphatic rings. The van der Waals surface area contributed by atoms with Crippen LogP contribution >= 0.6 is 23.1 Å². The Morgan fingerprint density at radius 3 is 2.60 bits per heavy atom. The van der Waals surface area contributed by atoms with E-state index in [2.05, 4.69) is 17.1 Å². The van der Waals surface area contributed by atoms with Gasteiger partial charge in [-0.05, 0) is 60.9 Å². The van der Waals surface area contributed by atoms with E-state index in [0.717, 1.165) is 30.6 Å². The molecular formula is C35H34FN3O7S2. The topological polar surface area (TPSA) is 120 Å². The minimum Gasteiger partial charge on any atom is -0.507 e. The highest BCUT2D eigenvalue weighted by atomic mass is 32.2. The van der Waals surface area contributed by atoms with Crippen molar-refractivity contribution in [1.82, 2.24) is 10.2 Å². The number of rotatable bonds is 13. The first kappa shape index (κ1) is 33.3. The molecule has 250 valence electrons. The van der Waals surface area contributed by atoms with E-state index in [9.17, 15) is 19.1 Å². The summed E-state index contributed by atoms with van der Waals surface area (Å²) >= 11 is 2.36. The number of hydrogen-bond acceptors (Lipinski definition) is 11. The maximum atomic E-state index is 14.2. The van der Waals surface area contributed by atoms with E-state index in [4.69, 9.17) is 18.9 Å². The normalized spacial score (nSPS) is 16.7. The second-order valence-electron chi connectivity index (χ2n) is 11.0. The van der Waals surface area contributed by atoms with Crippen LogP contribution in [-0.4, -0.2) is 53.4 Å². The quantitative estimate of drug-likeness (QED) is 0.0381. The van der Waals surface area contributed by atoms with Gasteiger partial charge in [0.1, 0.15) is 24.8 Å². The number of aromatic nitrogens is 2. The smallest absolute Gasteiger partial charge is 0.301 e. The first-order valence-corrected chi connectivity index (χ1v) is 17.5. The second kappa shape index (κ2) is 15.1. The number of aliphatic hydroxyl groups is 1. The summed E-state index contributed by atoms with van der Waals surface area (Å²) in [5, 5.41) is 20.3. The van der Waals surface area contributed by atoms with E-state index in [1.54, 1.807) is 54.6 Å². The standard InChI is InChI=1S/C35H34FN3O7S2/c1-3-5-8-15-44-25-13-11-21(18-27(25)43-4-2)30-29(31(40)22-12-14-26-28(19-22)46-17-16-45-26)32(41)33(42)39(30)34-37-38-35(48-34)47-20-23-9-6-7-10-24(23)36/h6-7,9-14,18-19,30,40H,3-5,8,15-17,20H2,1-2H3. The van der Waals surface area contributed by atoms with Crippen LogP contribution in [0.1, 0.15) is 55.8 Å². The maximum absolute atomic E-state index is 14.2. The number of hydrogen-bond donors (Lipinski definition) is 1. The molecule has 0 spiro atoms.